The van der Waals surface area contributed by atoms with Crippen LogP contribution in [0.3, 0.4) is 0 Å². The molecule has 0 spiro atoms. The van der Waals surface area contributed by atoms with E-state index in [4.69, 9.17) is 21.4 Å². The van der Waals surface area contributed by atoms with Gasteiger partial charge in [0.15, 0.2) is 0 Å². The lowest BCUT2D eigenvalue weighted by molar-refractivity contribution is -0.138. The number of hydrogen-bond acceptors (Lipinski definition) is 3. The smallest absolute Gasteiger partial charge is 0.423 e. The van der Waals surface area contributed by atoms with Crippen molar-refractivity contribution in [2.45, 2.75) is 6.18 Å². The number of aromatic carboxylic acids is 1. The Bertz CT molecular complexity index is 689. The Morgan fingerprint density at radius 1 is 1.29 bits per heavy atom. The Kier molecular flexibility index (Phi) is 4.04. The van der Waals surface area contributed by atoms with Gasteiger partial charge in [-0.2, -0.15) is 13.2 Å². The van der Waals surface area contributed by atoms with Crippen LogP contribution >= 0.6 is 11.6 Å². The third-order valence-corrected chi connectivity index (χ3v) is 2.76. The Hall–Kier alpha value is -2.28. The molecule has 0 fully saturated rings. The molecule has 0 amide bonds. The predicted molar refractivity (Wildman–Crippen MR) is 67.7 cm³/mol. The number of benzene rings is 1. The maximum absolute atomic E-state index is 12.9. The summed E-state index contributed by atoms with van der Waals surface area (Å²) >= 11 is 5.53. The lowest BCUT2D eigenvalue weighted by atomic mass is 10.2. The van der Waals surface area contributed by atoms with Crippen LogP contribution in [-0.2, 0) is 6.18 Å². The molecule has 0 bridgehead atoms. The first kappa shape index (κ1) is 15.1. The molecule has 0 aliphatic rings. The van der Waals surface area contributed by atoms with Gasteiger partial charge in [0.1, 0.15) is 11.3 Å². The fourth-order valence-electron chi connectivity index (χ4n) is 1.56. The van der Waals surface area contributed by atoms with Crippen molar-refractivity contribution in [3.8, 4) is 11.6 Å². The zero-order valence-electron chi connectivity index (χ0n) is 10.2. The van der Waals surface area contributed by atoms with E-state index >= 15 is 0 Å². The highest BCUT2D eigenvalue weighted by Gasteiger charge is 2.38. The lowest BCUT2D eigenvalue weighted by Crippen LogP contribution is -2.09. The molecule has 21 heavy (non-hydrogen) atoms. The monoisotopic (exact) mass is 317 g/mol. The topological polar surface area (TPSA) is 59.4 Å². The number of carboxylic acids is 1. The fraction of sp³-hybridized carbons (Fsp3) is 0.0769. The summed E-state index contributed by atoms with van der Waals surface area (Å²) in [5, 5.41) is 8.28. The van der Waals surface area contributed by atoms with E-state index in [1.54, 1.807) is 0 Å². The van der Waals surface area contributed by atoms with Gasteiger partial charge in [0.05, 0.1) is 10.6 Å². The van der Waals surface area contributed by atoms with Crippen molar-refractivity contribution in [2.24, 2.45) is 0 Å². The molecule has 110 valence electrons. The number of carboxylic acid groups (broad SMARTS) is 1. The summed E-state index contributed by atoms with van der Waals surface area (Å²) in [6.45, 7) is 0. The molecule has 0 unspecified atom stereocenters. The number of aromatic nitrogens is 1. The summed E-state index contributed by atoms with van der Waals surface area (Å²) in [6, 6.07) is 6.02. The van der Waals surface area contributed by atoms with E-state index in [2.05, 4.69) is 4.98 Å². The second-order valence-corrected chi connectivity index (χ2v) is 4.31. The molecule has 1 aromatic heterocycles. The van der Waals surface area contributed by atoms with Gasteiger partial charge in [0.2, 0.25) is 5.88 Å². The third kappa shape index (κ3) is 3.43. The molecular weight excluding hydrogens is 311 g/mol. The molecule has 0 radical (unpaired) electrons. The maximum atomic E-state index is 12.9. The van der Waals surface area contributed by atoms with Gasteiger partial charge in [-0.25, -0.2) is 9.78 Å². The van der Waals surface area contributed by atoms with Crippen molar-refractivity contribution in [3.63, 3.8) is 0 Å². The van der Waals surface area contributed by atoms with Gasteiger partial charge in [-0.3, -0.25) is 0 Å². The third-order valence-electron chi connectivity index (χ3n) is 2.44. The predicted octanol–water partition coefficient (Wildman–Crippen LogP) is 4.24. The van der Waals surface area contributed by atoms with Crippen molar-refractivity contribution >= 4 is 17.6 Å². The largest absolute Gasteiger partial charge is 0.478 e. The summed E-state index contributed by atoms with van der Waals surface area (Å²) in [6.07, 6.45) is -3.68. The molecular formula is C13H7ClF3NO3. The van der Waals surface area contributed by atoms with Crippen molar-refractivity contribution < 1.29 is 27.8 Å². The molecule has 1 aromatic carbocycles. The maximum Gasteiger partial charge on any atom is 0.423 e. The Labute approximate surface area is 121 Å². The standard InChI is InChI=1S/C13H7ClF3NO3/c14-9-4-5-18-11(10(9)13(15,16)17)21-8-3-1-2-7(6-8)12(19)20/h1-6H,(H,19,20). The van der Waals surface area contributed by atoms with Crippen LogP contribution in [0.4, 0.5) is 13.2 Å². The highest BCUT2D eigenvalue weighted by Crippen LogP contribution is 2.41. The van der Waals surface area contributed by atoms with Crippen LogP contribution in [0.25, 0.3) is 0 Å². The van der Waals surface area contributed by atoms with E-state index in [-0.39, 0.29) is 11.3 Å². The molecule has 0 saturated heterocycles. The van der Waals surface area contributed by atoms with Crippen LogP contribution in [0.2, 0.25) is 5.02 Å². The summed E-state index contributed by atoms with van der Waals surface area (Å²) in [5.74, 6) is -2.05. The van der Waals surface area contributed by atoms with Gasteiger partial charge in [-0.1, -0.05) is 17.7 Å². The number of halogens is 4. The number of alkyl halides is 3. The van der Waals surface area contributed by atoms with Crippen LogP contribution in [0, 0.1) is 0 Å². The van der Waals surface area contributed by atoms with E-state index in [0.29, 0.717) is 0 Å². The number of ether oxygens (including phenoxy) is 1. The molecule has 1 heterocycles. The van der Waals surface area contributed by atoms with Crippen LogP contribution in [0.5, 0.6) is 11.6 Å². The van der Waals surface area contributed by atoms with Crippen molar-refractivity contribution in [3.05, 3.63) is 52.7 Å². The second kappa shape index (κ2) is 5.61. The molecule has 0 atom stereocenters. The van der Waals surface area contributed by atoms with E-state index < -0.39 is 28.6 Å². The van der Waals surface area contributed by atoms with E-state index in [1.165, 1.54) is 18.2 Å². The highest BCUT2D eigenvalue weighted by molar-refractivity contribution is 6.31. The van der Waals surface area contributed by atoms with Gasteiger partial charge in [0.25, 0.3) is 0 Å². The van der Waals surface area contributed by atoms with E-state index in [9.17, 15) is 18.0 Å². The first-order chi connectivity index (χ1) is 9.79. The summed E-state index contributed by atoms with van der Waals surface area (Å²) < 4.78 is 43.8. The number of hydrogen-bond donors (Lipinski definition) is 1. The fourth-order valence-corrected chi connectivity index (χ4v) is 1.80. The summed E-state index contributed by atoms with van der Waals surface area (Å²) in [7, 11) is 0. The average Bonchev–Trinajstić information content (AvgIpc) is 2.37. The number of rotatable bonds is 3. The summed E-state index contributed by atoms with van der Waals surface area (Å²) in [5.41, 5.74) is -1.34. The zero-order valence-corrected chi connectivity index (χ0v) is 10.9. The number of carbonyl (C=O) groups is 1. The molecule has 2 aromatic rings. The van der Waals surface area contributed by atoms with Crippen LogP contribution in [-0.4, -0.2) is 16.1 Å². The first-order valence-corrected chi connectivity index (χ1v) is 5.90. The summed E-state index contributed by atoms with van der Waals surface area (Å²) in [4.78, 5) is 14.3. The molecule has 8 heteroatoms. The zero-order chi connectivity index (χ0) is 15.6. The van der Waals surface area contributed by atoms with Crippen LogP contribution in [0.1, 0.15) is 15.9 Å². The van der Waals surface area contributed by atoms with Crippen molar-refractivity contribution in [1.82, 2.24) is 4.98 Å². The van der Waals surface area contributed by atoms with E-state index in [1.807, 2.05) is 0 Å². The minimum Gasteiger partial charge on any atom is -0.478 e. The molecule has 0 aliphatic carbocycles. The minimum atomic E-state index is -4.74. The normalized spacial score (nSPS) is 11.2. The van der Waals surface area contributed by atoms with Gasteiger partial charge in [-0.05, 0) is 24.3 Å². The van der Waals surface area contributed by atoms with E-state index in [0.717, 1.165) is 18.3 Å². The second-order valence-electron chi connectivity index (χ2n) is 3.91. The quantitative estimate of drug-likeness (QED) is 0.919. The number of nitrogens with zero attached hydrogens (tertiary/aromatic N) is 1. The van der Waals surface area contributed by atoms with Gasteiger partial charge < -0.3 is 9.84 Å². The molecule has 0 saturated carbocycles. The molecule has 1 N–H and O–H groups in total. The van der Waals surface area contributed by atoms with Crippen LogP contribution in [0.15, 0.2) is 36.5 Å². The highest BCUT2D eigenvalue weighted by atomic mass is 35.5. The van der Waals surface area contributed by atoms with Gasteiger partial charge >= 0.3 is 12.1 Å². The Morgan fingerprint density at radius 3 is 2.62 bits per heavy atom. The number of pyridine rings is 1. The lowest BCUT2D eigenvalue weighted by Gasteiger charge is -2.13. The Morgan fingerprint density at radius 2 is 2.00 bits per heavy atom. The molecule has 2 rings (SSSR count). The van der Waals surface area contributed by atoms with Gasteiger partial charge in [0, 0.05) is 6.20 Å². The molecule has 0 aliphatic heterocycles. The van der Waals surface area contributed by atoms with Gasteiger partial charge in [-0.15, -0.1) is 0 Å². The van der Waals surface area contributed by atoms with Crippen molar-refractivity contribution in [2.75, 3.05) is 0 Å². The average molecular weight is 318 g/mol. The minimum absolute atomic E-state index is 0.0878. The Balaban J connectivity index is 2.43. The van der Waals surface area contributed by atoms with Crippen LogP contribution < -0.4 is 4.74 Å². The molecule has 4 nitrogen and oxygen atoms in total. The SMILES string of the molecule is O=C(O)c1cccc(Oc2nccc(Cl)c2C(F)(F)F)c1. The first-order valence-electron chi connectivity index (χ1n) is 5.52. The van der Waals surface area contributed by atoms with Crippen molar-refractivity contribution in [1.29, 1.82) is 0 Å².